The second-order valence-corrected chi connectivity index (χ2v) is 7.40. The highest BCUT2D eigenvalue weighted by Crippen LogP contribution is 2.18. The number of hydrogen-bond donors (Lipinski definition) is 1. The molecular formula is C20H18BrN7O2. The molecule has 2 aromatic carbocycles. The van der Waals surface area contributed by atoms with Gasteiger partial charge in [0.25, 0.3) is 5.91 Å². The van der Waals surface area contributed by atoms with E-state index in [0.717, 1.165) is 15.7 Å². The van der Waals surface area contributed by atoms with Crippen LogP contribution < -0.4 is 10.1 Å². The molecule has 9 nitrogen and oxygen atoms in total. The van der Waals surface area contributed by atoms with Gasteiger partial charge < -0.3 is 4.74 Å². The third-order valence-electron chi connectivity index (χ3n) is 4.43. The molecule has 10 heteroatoms. The Morgan fingerprint density at radius 3 is 2.77 bits per heavy atom. The Morgan fingerprint density at radius 2 is 2.00 bits per heavy atom. The first-order valence-corrected chi connectivity index (χ1v) is 9.85. The van der Waals surface area contributed by atoms with E-state index in [9.17, 15) is 4.79 Å². The molecule has 0 aliphatic carbocycles. The van der Waals surface area contributed by atoms with Crippen LogP contribution in [0, 0.1) is 6.92 Å². The third-order valence-corrected chi connectivity index (χ3v) is 4.96. The summed E-state index contributed by atoms with van der Waals surface area (Å²) in [6.45, 7) is 2.31. The van der Waals surface area contributed by atoms with Crippen LogP contribution in [0.3, 0.4) is 0 Å². The zero-order valence-corrected chi connectivity index (χ0v) is 17.9. The lowest BCUT2D eigenvalue weighted by molar-refractivity contribution is 0.102. The Morgan fingerprint density at radius 1 is 1.20 bits per heavy atom. The van der Waals surface area contributed by atoms with Crippen LogP contribution in [-0.2, 0) is 6.54 Å². The van der Waals surface area contributed by atoms with E-state index in [4.69, 9.17) is 4.74 Å². The summed E-state index contributed by atoms with van der Waals surface area (Å²) in [5.41, 5.74) is 2.60. The van der Waals surface area contributed by atoms with Gasteiger partial charge in [-0.3, -0.25) is 10.1 Å². The van der Waals surface area contributed by atoms with Gasteiger partial charge in [-0.05, 0) is 36.8 Å². The number of nitrogens with one attached hydrogen (secondary N) is 1. The van der Waals surface area contributed by atoms with Crippen LogP contribution in [0.2, 0.25) is 0 Å². The summed E-state index contributed by atoms with van der Waals surface area (Å²) in [4.78, 5) is 16.8. The Kier molecular flexibility index (Phi) is 5.57. The minimum Gasteiger partial charge on any atom is -0.497 e. The van der Waals surface area contributed by atoms with Crippen molar-refractivity contribution in [1.82, 2.24) is 29.8 Å². The number of carbonyl (C=O) groups is 1. The molecule has 0 saturated heterocycles. The molecule has 0 radical (unpaired) electrons. The van der Waals surface area contributed by atoms with Gasteiger partial charge in [-0.15, -0.1) is 10.2 Å². The van der Waals surface area contributed by atoms with Gasteiger partial charge in [-0.2, -0.15) is 0 Å². The topological polar surface area (TPSA) is 99.7 Å². The summed E-state index contributed by atoms with van der Waals surface area (Å²) in [7, 11) is 1.59. The van der Waals surface area contributed by atoms with Crippen molar-refractivity contribution < 1.29 is 9.53 Å². The highest BCUT2D eigenvalue weighted by Gasteiger charge is 2.19. The van der Waals surface area contributed by atoms with Crippen LogP contribution >= 0.6 is 15.9 Å². The van der Waals surface area contributed by atoms with Crippen LogP contribution in [0.25, 0.3) is 5.69 Å². The number of rotatable bonds is 6. The first-order chi connectivity index (χ1) is 14.5. The van der Waals surface area contributed by atoms with Crippen molar-refractivity contribution >= 4 is 27.8 Å². The van der Waals surface area contributed by atoms with Gasteiger partial charge in [0.1, 0.15) is 12.1 Å². The fourth-order valence-electron chi connectivity index (χ4n) is 2.89. The fraction of sp³-hybridized carbons (Fsp3) is 0.150. The van der Waals surface area contributed by atoms with E-state index < -0.39 is 5.91 Å². The number of aromatic nitrogens is 6. The van der Waals surface area contributed by atoms with Crippen molar-refractivity contribution in [1.29, 1.82) is 0 Å². The molecule has 0 atom stereocenters. The van der Waals surface area contributed by atoms with Gasteiger partial charge in [-0.1, -0.05) is 39.3 Å². The molecule has 0 unspecified atom stereocenters. The first kappa shape index (κ1) is 19.8. The van der Waals surface area contributed by atoms with Gasteiger partial charge in [0.15, 0.2) is 5.69 Å². The number of halogens is 1. The number of amides is 1. The molecule has 2 heterocycles. The zero-order chi connectivity index (χ0) is 21.1. The quantitative estimate of drug-likeness (QED) is 0.467. The number of methoxy groups -OCH3 is 1. The van der Waals surface area contributed by atoms with Gasteiger partial charge in [0, 0.05) is 10.5 Å². The smallest absolute Gasteiger partial charge is 0.280 e. The van der Waals surface area contributed by atoms with Crippen LogP contribution in [0.5, 0.6) is 5.75 Å². The van der Waals surface area contributed by atoms with Crippen molar-refractivity contribution in [2.75, 3.05) is 12.4 Å². The summed E-state index contributed by atoms with van der Waals surface area (Å²) < 4.78 is 9.48. The summed E-state index contributed by atoms with van der Waals surface area (Å²) in [5.74, 6) is 0.462. The van der Waals surface area contributed by atoms with E-state index in [1.54, 1.807) is 29.7 Å². The molecular weight excluding hydrogens is 450 g/mol. The van der Waals surface area contributed by atoms with Crippen molar-refractivity contribution in [3.05, 3.63) is 76.3 Å². The predicted molar refractivity (Wildman–Crippen MR) is 114 cm³/mol. The van der Waals surface area contributed by atoms with Crippen LogP contribution in [0.4, 0.5) is 5.95 Å². The van der Waals surface area contributed by atoms with E-state index in [0.29, 0.717) is 18.0 Å². The van der Waals surface area contributed by atoms with Crippen molar-refractivity contribution in [3.63, 3.8) is 0 Å². The lowest BCUT2D eigenvalue weighted by Gasteiger charge is -2.06. The summed E-state index contributed by atoms with van der Waals surface area (Å²) in [6, 6.07) is 15.3. The molecule has 4 aromatic rings. The van der Waals surface area contributed by atoms with Crippen molar-refractivity contribution in [3.8, 4) is 11.4 Å². The summed E-state index contributed by atoms with van der Waals surface area (Å²) in [6.07, 6.45) is 1.57. The maximum Gasteiger partial charge on any atom is 0.280 e. The zero-order valence-electron chi connectivity index (χ0n) is 16.3. The lowest BCUT2D eigenvalue weighted by atomic mass is 10.2. The van der Waals surface area contributed by atoms with Gasteiger partial charge >= 0.3 is 0 Å². The molecule has 30 heavy (non-hydrogen) atoms. The molecule has 0 fully saturated rings. The van der Waals surface area contributed by atoms with E-state index in [1.165, 1.54) is 0 Å². The maximum atomic E-state index is 12.7. The minimum absolute atomic E-state index is 0.196. The van der Waals surface area contributed by atoms with Crippen LogP contribution in [-0.4, -0.2) is 42.8 Å². The Bertz CT molecular complexity index is 1180. The van der Waals surface area contributed by atoms with Crippen LogP contribution in [0.15, 0.2) is 59.3 Å². The van der Waals surface area contributed by atoms with Crippen LogP contribution in [0.1, 0.15) is 21.7 Å². The second kappa shape index (κ2) is 8.46. The van der Waals surface area contributed by atoms with E-state index >= 15 is 0 Å². The minimum atomic E-state index is -0.428. The maximum absolute atomic E-state index is 12.7. The largest absolute Gasteiger partial charge is 0.497 e. The van der Waals surface area contributed by atoms with Gasteiger partial charge in [0.2, 0.25) is 5.95 Å². The molecule has 4 rings (SSSR count). The lowest BCUT2D eigenvalue weighted by Crippen LogP contribution is -2.15. The molecule has 0 bridgehead atoms. The first-order valence-electron chi connectivity index (χ1n) is 9.05. The molecule has 2 aromatic heterocycles. The molecule has 152 valence electrons. The number of nitrogens with zero attached hydrogens (tertiary/aromatic N) is 6. The Balaban J connectivity index is 1.47. The summed E-state index contributed by atoms with van der Waals surface area (Å²) in [5, 5.41) is 15.1. The SMILES string of the molecule is COc1cccc(-n2nnc(C(=O)Nc3ncn(Cc4ccc(Br)cc4)n3)c2C)c1. The van der Waals surface area contributed by atoms with Crippen molar-refractivity contribution in [2.45, 2.75) is 13.5 Å². The molecule has 0 spiro atoms. The normalized spacial score (nSPS) is 10.8. The number of carbonyl (C=O) groups excluding carboxylic acids is 1. The Labute approximate surface area is 180 Å². The number of ether oxygens (including phenoxy) is 1. The fourth-order valence-corrected chi connectivity index (χ4v) is 3.16. The predicted octanol–water partition coefficient (Wildman–Crippen LogP) is 3.24. The van der Waals surface area contributed by atoms with Gasteiger partial charge in [0.05, 0.1) is 25.0 Å². The average molecular weight is 468 g/mol. The van der Waals surface area contributed by atoms with E-state index in [2.05, 4.69) is 41.6 Å². The highest BCUT2D eigenvalue weighted by molar-refractivity contribution is 9.10. The molecule has 0 aliphatic heterocycles. The second-order valence-electron chi connectivity index (χ2n) is 6.48. The number of anilines is 1. The number of benzene rings is 2. The molecule has 1 amide bonds. The third kappa shape index (κ3) is 4.23. The van der Waals surface area contributed by atoms with Gasteiger partial charge in [-0.25, -0.2) is 14.3 Å². The average Bonchev–Trinajstić information content (AvgIpc) is 3.36. The molecule has 0 saturated carbocycles. The monoisotopic (exact) mass is 467 g/mol. The van der Waals surface area contributed by atoms with E-state index in [1.807, 2.05) is 48.5 Å². The molecule has 1 N–H and O–H groups in total. The standard InChI is InChI=1S/C20H18BrN7O2/c1-13-18(24-26-28(13)16-4-3-5-17(10-16)30-2)19(29)23-20-22-12-27(25-20)11-14-6-8-15(21)9-7-14/h3-10,12H,11H2,1-2H3,(H,23,25,29). The van der Waals surface area contributed by atoms with E-state index in [-0.39, 0.29) is 11.6 Å². The van der Waals surface area contributed by atoms with Crippen molar-refractivity contribution in [2.24, 2.45) is 0 Å². The Hall–Kier alpha value is -3.53. The highest BCUT2D eigenvalue weighted by atomic mass is 79.9. The number of hydrogen-bond acceptors (Lipinski definition) is 6. The summed E-state index contributed by atoms with van der Waals surface area (Å²) >= 11 is 3.41. The molecule has 0 aliphatic rings.